The fourth-order valence-electron chi connectivity index (χ4n) is 3.71. The van der Waals surface area contributed by atoms with E-state index in [1.165, 1.54) is 6.07 Å². The molecule has 4 aromatic rings. The Morgan fingerprint density at radius 2 is 1.72 bits per heavy atom. The van der Waals surface area contributed by atoms with Crippen LogP contribution in [0.5, 0.6) is 17.4 Å². The zero-order chi connectivity index (χ0) is 25.7. The van der Waals surface area contributed by atoms with Crippen molar-refractivity contribution < 1.29 is 29.0 Å². The van der Waals surface area contributed by atoms with Gasteiger partial charge in [0.15, 0.2) is 11.6 Å². The van der Waals surface area contributed by atoms with Crippen LogP contribution in [0.4, 0.5) is 5.82 Å². The van der Waals surface area contributed by atoms with Crippen LogP contribution in [0.2, 0.25) is 0 Å². The Hall–Kier alpha value is -4.60. The molecule has 1 unspecified atom stereocenters. The molecule has 0 bridgehead atoms. The predicted octanol–water partition coefficient (Wildman–Crippen LogP) is 4.37. The summed E-state index contributed by atoms with van der Waals surface area (Å²) in [6.07, 6.45) is 0. The number of carboxylic acids is 1. The van der Waals surface area contributed by atoms with E-state index in [4.69, 9.17) is 19.7 Å². The first-order valence-electron chi connectivity index (χ1n) is 11.3. The molecular formula is C26H26N4O6. The van der Waals surface area contributed by atoms with E-state index in [0.717, 1.165) is 5.56 Å². The maximum absolute atomic E-state index is 11.4. The minimum Gasteiger partial charge on any atom is -0.507 e. The Labute approximate surface area is 207 Å². The van der Waals surface area contributed by atoms with Gasteiger partial charge in [-0.2, -0.15) is 0 Å². The van der Waals surface area contributed by atoms with Crippen molar-refractivity contribution in [3.63, 3.8) is 0 Å². The normalized spacial score (nSPS) is 11.9. The Balaban J connectivity index is 1.35. The summed E-state index contributed by atoms with van der Waals surface area (Å²) in [4.78, 5) is 11.4. The summed E-state index contributed by atoms with van der Waals surface area (Å²) in [7, 11) is 0. The summed E-state index contributed by atoms with van der Waals surface area (Å²) < 4.78 is 16.4. The molecule has 0 amide bonds. The first-order chi connectivity index (χ1) is 17.3. The molecule has 2 aromatic carbocycles. The van der Waals surface area contributed by atoms with Crippen LogP contribution < -0.4 is 15.2 Å². The van der Waals surface area contributed by atoms with Gasteiger partial charge >= 0.3 is 5.97 Å². The monoisotopic (exact) mass is 490 g/mol. The molecule has 0 fully saturated rings. The van der Waals surface area contributed by atoms with E-state index in [1.54, 1.807) is 50.2 Å². The Morgan fingerprint density at radius 1 is 1.00 bits per heavy atom. The molecule has 0 spiro atoms. The molecule has 36 heavy (non-hydrogen) atoms. The number of aromatic nitrogens is 3. The number of carbonyl (C=O) groups is 1. The van der Waals surface area contributed by atoms with Crippen LogP contribution in [0.3, 0.4) is 0 Å². The molecule has 0 saturated heterocycles. The lowest BCUT2D eigenvalue weighted by Crippen LogP contribution is -2.16. The lowest BCUT2D eigenvalue weighted by atomic mass is 9.94. The number of anilines is 1. The fraction of sp³-hybridized carbons (Fsp3) is 0.231. The number of hydrogen-bond donors (Lipinski definition) is 3. The number of phenols is 1. The first kappa shape index (κ1) is 24.5. The number of carboxylic acid groups (broad SMARTS) is 1. The van der Waals surface area contributed by atoms with E-state index in [-0.39, 0.29) is 42.3 Å². The number of phenolic OH excluding ortho intramolecular Hbond substituents is 1. The van der Waals surface area contributed by atoms with Gasteiger partial charge in [0.1, 0.15) is 30.6 Å². The van der Waals surface area contributed by atoms with Gasteiger partial charge in [-0.3, -0.25) is 4.79 Å². The minimum atomic E-state index is -0.974. The fourth-order valence-corrected chi connectivity index (χ4v) is 3.71. The first-order valence-corrected chi connectivity index (χ1v) is 11.3. The van der Waals surface area contributed by atoms with Crippen LogP contribution in [0, 0.1) is 5.92 Å². The number of rotatable bonds is 10. The van der Waals surface area contributed by atoms with Gasteiger partial charge in [-0.15, -0.1) is 10.2 Å². The van der Waals surface area contributed by atoms with Crippen LogP contribution in [0.25, 0.3) is 22.4 Å². The quantitative estimate of drug-likeness (QED) is 0.273. The van der Waals surface area contributed by atoms with Crippen LogP contribution in [0.15, 0.2) is 65.2 Å². The number of nitrogens with zero attached hydrogens (tertiary/aromatic N) is 3. The molecular weight excluding hydrogens is 464 g/mol. The number of benzene rings is 2. The average molecular weight is 491 g/mol. The summed E-state index contributed by atoms with van der Waals surface area (Å²) in [5.41, 5.74) is 8.62. The van der Waals surface area contributed by atoms with Crippen LogP contribution >= 0.6 is 0 Å². The third kappa shape index (κ3) is 5.54. The molecule has 2 heterocycles. The van der Waals surface area contributed by atoms with Gasteiger partial charge in [-0.1, -0.05) is 38.1 Å². The third-order valence-corrected chi connectivity index (χ3v) is 5.52. The average Bonchev–Trinajstić information content (AvgIpc) is 3.30. The second kappa shape index (κ2) is 10.8. The number of nitrogens with two attached hydrogens (primary N) is 1. The summed E-state index contributed by atoms with van der Waals surface area (Å²) >= 11 is 0. The van der Waals surface area contributed by atoms with Gasteiger partial charge in [0.25, 0.3) is 5.88 Å². The second-order valence-electron chi connectivity index (χ2n) is 8.39. The number of nitrogen functional groups attached to an aromatic ring is 1. The molecule has 0 aliphatic carbocycles. The molecule has 1 atom stereocenters. The largest absolute Gasteiger partial charge is 0.507 e. The molecule has 186 valence electrons. The van der Waals surface area contributed by atoms with E-state index < -0.39 is 11.9 Å². The maximum Gasteiger partial charge on any atom is 0.314 e. The Kier molecular flexibility index (Phi) is 7.33. The second-order valence-corrected chi connectivity index (χ2v) is 8.39. The molecule has 2 aromatic heterocycles. The molecule has 0 aliphatic heterocycles. The molecule has 10 heteroatoms. The molecule has 10 nitrogen and oxygen atoms in total. The van der Waals surface area contributed by atoms with Gasteiger partial charge in [0.2, 0.25) is 0 Å². The van der Waals surface area contributed by atoms with E-state index in [1.807, 2.05) is 18.2 Å². The van der Waals surface area contributed by atoms with Gasteiger partial charge < -0.3 is 29.9 Å². The summed E-state index contributed by atoms with van der Waals surface area (Å²) in [6.45, 7) is 4.03. The molecule has 0 radical (unpaired) electrons. The topological polar surface area (TPSA) is 154 Å². The van der Waals surface area contributed by atoms with Crippen molar-refractivity contribution in [1.29, 1.82) is 0 Å². The van der Waals surface area contributed by atoms with E-state index in [9.17, 15) is 15.0 Å². The number of aliphatic carboxylic acids is 1. The number of aromatic hydroxyl groups is 1. The number of para-hydroxylation sites is 1. The van der Waals surface area contributed by atoms with Gasteiger partial charge in [0, 0.05) is 17.2 Å². The highest BCUT2D eigenvalue weighted by Crippen LogP contribution is 2.32. The zero-order valence-corrected chi connectivity index (χ0v) is 19.8. The standard InChI is InChI=1S/C26H26N4O6/c1-15(2)24(26(32)33)22-14-23(30-36-22)35-12-11-34-17-9-7-16(8-10-17)19-13-20(28-29-25(19)27)18-5-3-4-6-21(18)31/h3-10,13-15,24,31H,11-12H2,1-2H3,(H2,27,29)(H,32,33). The highest BCUT2D eigenvalue weighted by atomic mass is 16.6. The van der Waals surface area contributed by atoms with Crippen molar-refractivity contribution >= 4 is 11.8 Å². The van der Waals surface area contributed by atoms with Gasteiger partial charge in [-0.25, -0.2) is 0 Å². The van der Waals surface area contributed by atoms with Crippen molar-refractivity contribution in [3.05, 3.63) is 66.4 Å². The zero-order valence-electron chi connectivity index (χ0n) is 19.8. The van der Waals surface area contributed by atoms with Crippen LogP contribution in [0.1, 0.15) is 25.5 Å². The third-order valence-electron chi connectivity index (χ3n) is 5.52. The summed E-state index contributed by atoms with van der Waals surface area (Å²) in [5, 5.41) is 31.4. The SMILES string of the molecule is CC(C)C(C(=O)O)c1cc(OCCOc2ccc(-c3cc(-c4ccccc4O)nnc3N)cc2)no1. The van der Waals surface area contributed by atoms with E-state index >= 15 is 0 Å². The molecule has 4 rings (SSSR count). The Bertz CT molecular complexity index is 1340. The lowest BCUT2D eigenvalue weighted by Gasteiger charge is -2.11. The molecule has 0 aliphatic rings. The summed E-state index contributed by atoms with van der Waals surface area (Å²) in [5.74, 6) is -0.457. The van der Waals surface area contributed by atoms with Crippen molar-refractivity contribution in [2.45, 2.75) is 19.8 Å². The number of ether oxygens (including phenoxy) is 2. The smallest absolute Gasteiger partial charge is 0.314 e. The minimum absolute atomic E-state index is 0.108. The Morgan fingerprint density at radius 3 is 2.42 bits per heavy atom. The highest BCUT2D eigenvalue weighted by molar-refractivity contribution is 5.79. The predicted molar refractivity (Wildman–Crippen MR) is 132 cm³/mol. The molecule has 0 saturated carbocycles. The maximum atomic E-state index is 11.4. The van der Waals surface area contributed by atoms with Gasteiger partial charge in [0.05, 0.1) is 5.69 Å². The molecule has 4 N–H and O–H groups in total. The van der Waals surface area contributed by atoms with Crippen molar-refractivity contribution in [1.82, 2.24) is 15.4 Å². The summed E-state index contributed by atoms with van der Waals surface area (Å²) in [6, 6.07) is 17.4. The van der Waals surface area contributed by atoms with E-state index in [2.05, 4.69) is 15.4 Å². The van der Waals surface area contributed by atoms with Crippen molar-refractivity contribution in [3.8, 4) is 39.8 Å². The van der Waals surface area contributed by atoms with E-state index in [0.29, 0.717) is 22.6 Å². The van der Waals surface area contributed by atoms with Crippen molar-refractivity contribution in [2.24, 2.45) is 5.92 Å². The van der Waals surface area contributed by atoms with Crippen LogP contribution in [-0.2, 0) is 4.79 Å². The van der Waals surface area contributed by atoms with Gasteiger partial charge in [-0.05, 0) is 47.0 Å². The lowest BCUT2D eigenvalue weighted by molar-refractivity contribution is -0.140. The van der Waals surface area contributed by atoms with Crippen molar-refractivity contribution in [2.75, 3.05) is 18.9 Å². The highest BCUT2D eigenvalue weighted by Gasteiger charge is 2.28. The van der Waals surface area contributed by atoms with Crippen LogP contribution in [-0.4, -0.2) is 44.8 Å². The number of hydrogen-bond acceptors (Lipinski definition) is 9.